The maximum Gasteiger partial charge on any atom is 0.124 e. The highest BCUT2D eigenvalue weighted by molar-refractivity contribution is 9.10. The van der Waals surface area contributed by atoms with Gasteiger partial charge in [-0.05, 0) is 38.8 Å². The van der Waals surface area contributed by atoms with Crippen molar-refractivity contribution in [2.24, 2.45) is 0 Å². The second-order valence-corrected chi connectivity index (χ2v) is 6.70. The Balaban J connectivity index is 2.17. The van der Waals surface area contributed by atoms with E-state index >= 15 is 0 Å². The number of halogens is 2. The molecule has 0 saturated carbocycles. The maximum absolute atomic E-state index is 10.5. The first-order chi connectivity index (χ1) is 11.6. The molecular weight excluding hydrogens is 390 g/mol. The standard InChI is InChI=1S/C19H17BrClNO2/c20-16-7-3-6-15(19(16)22-11-13(23)10-21)18-14-5-2-1-4-12(14)8-9-17(18)24/h1-9,13,22-24H,10-11H2. The zero-order chi connectivity index (χ0) is 17.1. The summed E-state index contributed by atoms with van der Waals surface area (Å²) in [5, 5.41) is 25.5. The van der Waals surface area contributed by atoms with Gasteiger partial charge in [0, 0.05) is 22.1 Å². The zero-order valence-electron chi connectivity index (χ0n) is 12.8. The molecule has 0 aliphatic rings. The molecule has 3 N–H and O–H groups in total. The van der Waals surface area contributed by atoms with Crippen LogP contribution < -0.4 is 5.32 Å². The third-order valence-electron chi connectivity index (χ3n) is 3.88. The van der Waals surface area contributed by atoms with E-state index in [9.17, 15) is 10.2 Å². The minimum Gasteiger partial charge on any atom is -0.507 e. The molecule has 0 bridgehead atoms. The van der Waals surface area contributed by atoms with Gasteiger partial charge in [-0.2, -0.15) is 0 Å². The number of aliphatic hydroxyl groups excluding tert-OH is 1. The van der Waals surface area contributed by atoms with Crippen molar-refractivity contribution in [3.63, 3.8) is 0 Å². The van der Waals surface area contributed by atoms with Gasteiger partial charge in [0.2, 0.25) is 0 Å². The summed E-state index contributed by atoms with van der Waals surface area (Å²) in [4.78, 5) is 0. The number of aliphatic hydroxyl groups is 1. The predicted molar refractivity (Wildman–Crippen MR) is 104 cm³/mol. The Morgan fingerprint density at radius 2 is 1.83 bits per heavy atom. The summed E-state index contributed by atoms with van der Waals surface area (Å²) < 4.78 is 0.856. The molecule has 0 aliphatic carbocycles. The number of nitrogens with one attached hydrogen (secondary N) is 1. The van der Waals surface area contributed by atoms with Gasteiger partial charge in [-0.1, -0.05) is 42.5 Å². The smallest absolute Gasteiger partial charge is 0.124 e. The number of alkyl halides is 1. The van der Waals surface area contributed by atoms with Crippen LogP contribution in [0.25, 0.3) is 21.9 Å². The first kappa shape index (κ1) is 17.1. The first-order valence-corrected chi connectivity index (χ1v) is 8.92. The largest absolute Gasteiger partial charge is 0.507 e. The van der Waals surface area contributed by atoms with Crippen molar-refractivity contribution in [1.82, 2.24) is 0 Å². The zero-order valence-corrected chi connectivity index (χ0v) is 15.2. The number of phenolic OH excluding ortho intramolecular Hbond substituents is 1. The number of rotatable bonds is 5. The normalized spacial score (nSPS) is 12.3. The molecule has 1 atom stereocenters. The molecule has 3 aromatic carbocycles. The molecule has 5 heteroatoms. The van der Waals surface area contributed by atoms with Crippen molar-refractivity contribution in [3.8, 4) is 16.9 Å². The van der Waals surface area contributed by atoms with E-state index in [1.807, 2.05) is 48.5 Å². The summed E-state index contributed by atoms with van der Waals surface area (Å²) in [6, 6.07) is 17.3. The number of benzene rings is 3. The van der Waals surface area contributed by atoms with Crippen molar-refractivity contribution in [2.45, 2.75) is 6.10 Å². The molecular formula is C19H17BrClNO2. The van der Waals surface area contributed by atoms with Crippen LogP contribution in [0, 0.1) is 0 Å². The summed E-state index contributed by atoms with van der Waals surface area (Å²) in [6.45, 7) is 0.324. The summed E-state index contributed by atoms with van der Waals surface area (Å²) in [5.74, 6) is 0.375. The molecule has 0 heterocycles. The van der Waals surface area contributed by atoms with E-state index in [-0.39, 0.29) is 11.6 Å². The van der Waals surface area contributed by atoms with E-state index < -0.39 is 6.10 Å². The van der Waals surface area contributed by atoms with Crippen LogP contribution in [0.3, 0.4) is 0 Å². The monoisotopic (exact) mass is 405 g/mol. The molecule has 3 nitrogen and oxygen atoms in total. The van der Waals surface area contributed by atoms with E-state index in [2.05, 4.69) is 21.2 Å². The molecule has 0 aliphatic heterocycles. The van der Waals surface area contributed by atoms with Gasteiger partial charge in [0.15, 0.2) is 0 Å². The number of hydrogen-bond donors (Lipinski definition) is 3. The van der Waals surface area contributed by atoms with Crippen LogP contribution in [0.4, 0.5) is 5.69 Å². The first-order valence-electron chi connectivity index (χ1n) is 7.59. The topological polar surface area (TPSA) is 52.5 Å². The lowest BCUT2D eigenvalue weighted by atomic mass is 9.96. The van der Waals surface area contributed by atoms with Crippen molar-refractivity contribution in [3.05, 3.63) is 59.1 Å². The quantitative estimate of drug-likeness (QED) is 0.523. The van der Waals surface area contributed by atoms with Crippen LogP contribution in [0.15, 0.2) is 59.1 Å². The van der Waals surface area contributed by atoms with E-state index in [4.69, 9.17) is 11.6 Å². The Morgan fingerprint density at radius 1 is 1.04 bits per heavy atom. The fourth-order valence-electron chi connectivity index (χ4n) is 2.73. The highest BCUT2D eigenvalue weighted by Gasteiger charge is 2.16. The molecule has 0 radical (unpaired) electrons. The third kappa shape index (κ3) is 3.36. The average Bonchev–Trinajstić information content (AvgIpc) is 2.60. The highest BCUT2D eigenvalue weighted by atomic mass is 79.9. The van der Waals surface area contributed by atoms with Gasteiger partial charge >= 0.3 is 0 Å². The summed E-state index contributed by atoms with van der Waals surface area (Å²) >= 11 is 9.22. The lowest BCUT2D eigenvalue weighted by molar-refractivity contribution is 0.211. The van der Waals surface area contributed by atoms with Crippen LogP contribution in [0.1, 0.15) is 0 Å². The number of phenols is 1. The van der Waals surface area contributed by atoms with Gasteiger partial charge in [0.25, 0.3) is 0 Å². The van der Waals surface area contributed by atoms with Crippen LogP contribution >= 0.6 is 27.5 Å². The Kier molecular flexibility index (Phi) is 5.29. The Morgan fingerprint density at radius 3 is 2.62 bits per heavy atom. The molecule has 0 fully saturated rings. The third-order valence-corrected chi connectivity index (χ3v) is 4.90. The number of para-hydroxylation sites is 1. The SMILES string of the molecule is Oc1ccc2ccccc2c1-c1cccc(Br)c1NCC(O)CCl. The second-order valence-electron chi connectivity index (χ2n) is 5.53. The lowest BCUT2D eigenvalue weighted by Crippen LogP contribution is -2.21. The fourth-order valence-corrected chi connectivity index (χ4v) is 3.35. The van der Waals surface area contributed by atoms with Gasteiger partial charge in [-0.3, -0.25) is 0 Å². The molecule has 0 saturated heterocycles. The van der Waals surface area contributed by atoms with Gasteiger partial charge in [0.05, 0.1) is 17.7 Å². The van der Waals surface area contributed by atoms with Crippen LogP contribution in [0.5, 0.6) is 5.75 Å². The molecule has 124 valence electrons. The van der Waals surface area contributed by atoms with E-state index in [0.29, 0.717) is 6.54 Å². The summed E-state index contributed by atoms with van der Waals surface area (Å²) in [6.07, 6.45) is -0.646. The van der Waals surface area contributed by atoms with Crippen LogP contribution in [-0.2, 0) is 0 Å². The predicted octanol–water partition coefficient (Wildman–Crippen LogP) is 4.99. The number of hydrogen-bond acceptors (Lipinski definition) is 3. The maximum atomic E-state index is 10.5. The summed E-state index contributed by atoms with van der Waals surface area (Å²) in [7, 11) is 0. The molecule has 24 heavy (non-hydrogen) atoms. The highest BCUT2D eigenvalue weighted by Crippen LogP contribution is 2.42. The minimum atomic E-state index is -0.646. The Labute approximate surface area is 154 Å². The molecule has 0 spiro atoms. The number of aromatic hydroxyl groups is 1. The van der Waals surface area contributed by atoms with Crippen LogP contribution in [-0.4, -0.2) is 28.7 Å². The van der Waals surface area contributed by atoms with Gasteiger partial charge < -0.3 is 15.5 Å². The molecule has 3 rings (SSSR count). The van der Waals surface area contributed by atoms with Gasteiger partial charge in [-0.25, -0.2) is 0 Å². The van der Waals surface area contributed by atoms with E-state index in [1.54, 1.807) is 6.07 Å². The number of anilines is 1. The molecule has 0 aromatic heterocycles. The lowest BCUT2D eigenvalue weighted by Gasteiger charge is -2.18. The van der Waals surface area contributed by atoms with Crippen molar-refractivity contribution < 1.29 is 10.2 Å². The second kappa shape index (κ2) is 7.43. The molecule has 0 amide bonds. The number of fused-ring (bicyclic) bond motifs is 1. The van der Waals surface area contributed by atoms with Crippen molar-refractivity contribution >= 4 is 44.0 Å². The Hall–Kier alpha value is -1.75. The minimum absolute atomic E-state index is 0.159. The van der Waals surface area contributed by atoms with Gasteiger partial charge in [0.1, 0.15) is 5.75 Å². The Bertz CT molecular complexity index is 869. The molecule has 3 aromatic rings. The van der Waals surface area contributed by atoms with Crippen molar-refractivity contribution in [1.29, 1.82) is 0 Å². The van der Waals surface area contributed by atoms with Crippen LogP contribution in [0.2, 0.25) is 0 Å². The summed E-state index contributed by atoms with van der Waals surface area (Å²) in [5.41, 5.74) is 2.44. The van der Waals surface area contributed by atoms with E-state index in [0.717, 1.165) is 32.1 Å². The molecule has 1 unspecified atom stereocenters. The van der Waals surface area contributed by atoms with E-state index in [1.165, 1.54) is 0 Å². The fraction of sp³-hybridized carbons (Fsp3) is 0.158. The van der Waals surface area contributed by atoms with Crippen molar-refractivity contribution in [2.75, 3.05) is 17.7 Å². The van der Waals surface area contributed by atoms with Gasteiger partial charge in [-0.15, -0.1) is 11.6 Å². The average molecular weight is 407 g/mol.